The van der Waals surface area contributed by atoms with Gasteiger partial charge in [-0.2, -0.15) is 0 Å². The molecule has 2 rings (SSSR count). The summed E-state index contributed by atoms with van der Waals surface area (Å²) in [5.41, 5.74) is 0.912. The molecule has 1 fully saturated rings. The minimum Gasteiger partial charge on any atom is -0.493 e. The first-order valence-corrected chi connectivity index (χ1v) is 10.3. The van der Waals surface area contributed by atoms with Gasteiger partial charge >= 0.3 is 0 Å². The van der Waals surface area contributed by atoms with E-state index in [4.69, 9.17) is 23.9 Å². The van der Waals surface area contributed by atoms with Gasteiger partial charge in [0.2, 0.25) is 5.75 Å². The van der Waals surface area contributed by atoms with E-state index in [0.29, 0.717) is 29.7 Å². The van der Waals surface area contributed by atoms with Crippen molar-refractivity contribution < 1.29 is 18.9 Å². The molecule has 0 bridgehead atoms. The summed E-state index contributed by atoms with van der Waals surface area (Å²) in [4.78, 5) is 4.85. The lowest BCUT2D eigenvalue weighted by Gasteiger charge is -2.39. The fraction of sp³-hybridized carbons (Fsp3) is 0.682. The maximum Gasteiger partial charge on any atom is 0.203 e. The maximum absolute atomic E-state index is 6.09. The van der Waals surface area contributed by atoms with Gasteiger partial charge in [-0.05, 0) is 25.2 Å². The van der Waals surface area contributed by atoms with E-state index in [1.165, 1.54) is 0 Å². The van der Waals surface area contributed by atoms with Gasteiger partial charge < -0.3 is 29.6 Å². The van der Waals surface area contributed by atoms with Gasteiger partial charge in [-0.1, -0.05) is 20.8 Å². The number of aliphatic imine (C=N–C) groups is 1. The molecule has 2 atom stereocenters. The molecule has 164 valence electrons. The van der Waals surface area contributed by atoms with Crippen LogP contribution < -0.4 is 24.8 Å². The first kappa shape index (κ1) is 23.1. The fourth-order valence-corrected chi connectivity index (χ4v) is 3.79. The Labute approximate surface area is 175 Å². The van der Waals surface area contributed by atoms with Gasteiger partial charge in [0.05, 0.1) is 27.4 Å². The molecular weight excluding hydrogens is 370 g/mol. The highest BCUT2D eigenvalue weighted by Crippen LogP contribution is 2.40. The second-order valence-electron chi connectivity index (χ2n) is 8.32. The largest absolute Gasteiger partial charge is 0.493 e. The molecule has 1 aromatic carbocycles. The highest BCUT2D eigenvalue weighted by Gasteiger charge is 2.35. The molecule has 2 N–H and O–H groups in total. The molecule has 7 nitrogen and oxygen atoms in total. The third-order valence-electron chi connectivity index (χ3n) is 5.05. The molecule has 1 aliphatic heterocycles. The smallest absolute Gasteiger partial charge is 0.203 e. The van der Waals surface area contributed by atoms with Crippen LogP contribution in [0, 0.1) is 11.3 Å². The number of rotatable bonds is 7. The highest BCUT2D eigenvalue weighted by molar-refractivity contribution is 5.94. The Kier molecular flexibility index (Phi) is 8.44. The van der Waals surface area contributed by atoms with Crippen LogP contribution in [-0.4, -0.2) is 53.1 Å². The first-order valence-electron chi connectivity index (χ1n) is 10.3. The van der Waals surface area contributed by atoms with Gasteiger partial charge in [0, 0.05) is 43.4 Å². The number of anilines is 1. The van der Waals surface area contributed by atoms with Gasteiger partial charge in [0.15, 0.2) is 17.5 Å². The minimum atomic E-state index is 0.100. The second-order valence-corrected chi connectivity index (χ2v) is 8.32. The summed E-state index contributed by atoms with van der Waals surface area (Å²) in [5.74, 6) is 2.88. The summed E-state index contributed by atoms with van der Waals surface area (Å²) in [6.45, 7) is 11.1. The minimum absolute atomic E-state index is 0.100. The number of ether oxygens (including phenoxy) is 4. The third kappa shape index (κ3) is 6.16. The Morgan fingerprint density at radius 3 is 2.31 bits per heavy atom. The van der Waals surface area contributed by atoms with E-state index in [1.54, 1.807) is 21.3 Å². The van der Waals surface area contributed by atoms with Crippen LogP contribution in [-0.2, 0) is 4.74 Å². The predicted molar refractivity (Wildman–Crippen MR) is 118 cm³/mol. The molecule has 0 amide bonds. The first-order chi connectivity index (χ1) is 13.8. The van der Waals surface area contributed by atoms with Crippen LogP contribution in [0.5, 0.6) is 17.2 Å². The second kappa shape index (κ2) is 10.6. The Morgan fingerprint density at radius 1 is 1.14 bits per heavy atom. The zero-order valence-electron chi connectivity index (χ0n) is 18.9. The van der Waals surface area contributed by atoms with Crippen molar-refractivity contribution in [3.63, 3.8) is 0 Å². The zero-order chi connectivity index (χ0) is 21.4. The van der Waals surface area contributed by atoms with Gasteiger partial charge in [-0.25, -0.2) is 0 Å². The fourth-order valence-electron chi connectivity index (χ4n) is 3.79. The Morgan fingerprint density at radius 2 is 1.79 bits per heavy atom. The summed E-state index contributed by atoms with van der Waals surface area (Å²) in [5, 5.41) is 6.67. The molecule has 1 aliphatic rings. The van der Waals surface area contributed by atoms with Crippen molar-refractivity contribution in [2.24, 2.45) is 16.3 Å². The van der Waals surface area contributed by atoms with E-state index in [0.717, 1.165) is 37.6 Å². The van der Waals surface area contributed by atoms with E-state index in [2.05, 4.69) is 31.4 Å². The van der Waals surface area contributed by atoms with Gasteiger partial charge in [0.1, 0.15) is 0 Å². The van der Waals surface area contributed by atoms with Crippen molar-refractivity contribution in [1.29, 1.82) is 0 Å². The van der Waals surface area contributed by atoms with E-state index < -0.39 is 0 Å². The zero-order valence-corrected chi connectivity index (χ0v) is 18.9. The topological polar surface area (TPSA) is 73.3 Å². The molecule has 1 saturated heterocycles. The standard InChI is InChI=1S/C22H37N3O4/c1-8-23-21(24-14-15-10-9-11-29-20(15)22(2,3)4)25-16-12-17(26-5)19(28-7)18(13-16)27-6/h12-13,15,20H,8-11,14H2,1-7H3,(H2,23,24,25). The average molecular weight is 408 g/mol. The summed E-state index contributed by atoms with van der Waals surface area (Å²) < 4.78 is 22.4. The Bertz CT molecular complexity index is 660. The molecule has 2 unspecified atom stereocenters. The number of guanidine groups is 1. The molecule has 1 heterocycles. The SMILES string of the molecule is CCNC(=NCC1CCCOC1C(C)(C)C)Nc1cc(OC)c(OC)c(OC)c1. The normalized spacial score (nSPS) is 20.2. The predicted octanol–water partition coefficient (Wildman–Crippen LogP) is 3.93. The van der Waals surface area contributed by atoms with Crippen molar-refractivity contribution in [2.75, 3.05) is 46.3 Å². The number of nitrogens with zero attached hydrogens (tertiary/aromatic N) is 1. The van der Waals surface area contributed by atoms with Crippen molar-refractivity contribution in [3.8, 4) is 17.2 Å². The quantitative estimate of drug-likeness (QED) is 0.527. The number of benzene rings is 1. The molecule has 0 saturated carbocycles. The van der Waals surface area contributed by atoms with Crippen LogP contribution in [0.4, 0.5) is 5.69 Å². The van der Waals surface area contributed by atoms with E-state index in [-0.39, 0.29) is 11.5 Å². The average Bonchev–Trinajstić information content (AvgIpc) is 2.70. The van der Waals surface area contributed by atoms with Crippen LogP contribution in [0.2, 0.25) is 0 Å². The lowest BCUT2D eigenvalue weighted by Crippen LogP contribution is -2.42. The number of hydrogen-bond acceptors (Lipinski definition) is 5. The summed E-state index contributed by atoms with van der Waals surface area (Å²) in [6.07, 6.45) is 2.43. The van der Waals surface area contributed by atoms with Gasteiger partial charge in [-0.15, -0.1) is 0 Å². The van der Waals surface area contributed by atoms with Crippen molar-refractivity contribution in [2.45, 2.75) is 46.6 Å². The Balaban J connectivity index is 2.21. The number of nitrogens with one attached hydrogen (secondary N) is 2. The van der Waals surface area contributed by atoms with Crippen LogP contribution >= 0.6 is 0 Å². The van der Waals surface area contributed by atoms with Crippen molar-refractivity contribution >= 4 is 11.6 Å². The van der Waals surface area contributed by atoms with E-state index >= 15 is 0 Å². The van der Waals surface area contributed by atoms with Crippen LogP contribution in [0.3, 0.4) is 0 Å². The lowest BCUT2D eigenvalue weighted by atomic mass is 9.78. The monoisotopic (exact) mass is 407 g/mol. The van der Waals surface area contributed by atoms with Gasteiger partial charge in [0.25, 0.3) is 0 Å². The molecule has 0 radical (unpaired) electrons. The third-order valence-corrected chi connectivity index (χ3v) is 5.05. The number of methoxy groups -OCH3 is 3. The molecule has 0 aliphatic carbocycles. The molecule has 29 heavy (non-hydrogen) atoms. The van der Waals surface area contributed by atoms with E-state index in [1.807, 2.05) is 19.1 Å². The molecule has 0 aromatic heterocycles. The number of hydrogen-bond donors (Lipinski definition) is 2. The summed E-state index contributed by atoms with van der Waals surface area (Å²) in [7, 11) is 4.81. The van der Waals surface area contributed by atoms with Crippen molar-refractivity contribution in [3.05, 3.63) is 12.1 Å². The molecule has 7 heteroatoms. The maximum atomic E-state index is 6.09. The van der Waals surface area contributed by atoms with E-state index in [9.17, 15) is 0 Å². The van der Waals surface area contributed by atoms with Crippen LogP contribution in [0.15, 0.2) is 17.1 Å². The molecule has 0 spiro atoms. The van der Waals surface area contributed by atoms with Gasteiger partial charge in [-0.3, -0.25) is 4.99 Å². The van der Waals surface area contributed by atoms with Crippen LogP contribution in [0.1, 0.15) is 40.5 Å². The highest BCUT2D eigenvalue weighted by atomic mass is 16.5. The summed E-state index contributed by atoms with van der Waals surface area (Å²) in [6, 6.07) is 3.74. The van der Waals surface area contributed by atoms with Crippen LogP contribution in [0.25, 0.3) is 0 Å². The van der Waals surface area contributed by atoms with Crippen molar-refractivity contribution in [1.82, 2.24) is 5.32 Å². The Hall–Kier alpha value is -2.15. The molecular formula is C22H37N3O4. The molecule has 1 aromatic rings. The lowest BCUT2D eigenvalue weighted by molar-refractivity contribution is -0.0823. The summed E-state index contributed by atoms with van der Waals surface area (Å²) >= 11 is 0.